The van der Waals surface area contributed by atoms with Crippen LogP contribution in [0.25, 0.3) is 0 Å². The molecule has 1 heterocycles. The third-order valence-electron chi connectivity index (χ3n) is 1.86. The molecular weight excluding hydrogens is 239 g/mol. The lowest BCUT2D eigenvalue weighted by Crippen LogP contribution is -2.12. The third kappa shape index (κ3) is 3.08. The van der Waals surface area contributed by atoms with E-state index >= 15 is 0 Å². The summed E-state index contributed by atoms with van der Waals surface area (Å²) in [4.78, 5) is 14.7. The molecule has 4 nitrogen and oxygen atoms in total. The fourth-order valence-electron chi connectivity index (χ4n) is 1.14. The summed E-state index contributed by atoms with van der Waals surface area (Å²) in [5.41, 5.74) is -1.37. The highest BCUT2D eigenvalue weighted by Gasteiger charge is 2.36. The molecule has 1 aromatic rings. The molecule has 0 aromatic carbocycles. The second kappa shape index (κ2) is 5.03. The van der Waals surface area contributed by atoms with E-state index in [4.69, 9.17) is 0 Å². The fraction of sp³-hybridized carbons (Fsp3) is 0.400. The van der Waals surface area contributed by atoms with Crippen molar-refractivity contribution < 1.29 is 27.4 Å². The number of hydrogen-bond acceptors (Lipinski definition) is 4. The number of carbonyl (C=O) groups is 1. The van der Waals surface area contributed by atoms with Gasteiger partial charge in [0.1, 0.15) is 5.56 Å². The highest BCUT2D eigenvalue weighted by Crippen LogP contribution is 2.35. The summed E-state index contributed by atoms with van der Waals surface area (Å²) in [5.74, 6) is -1.43. The lowest BCUT2D eigenvalue weighted by Gasteiger charge is -2.11. The van der Waals surface area contributed by atoms with Gasteiger partial charge in [0.2, 0.25) is 5.88 Å². The van der Waals surface area contributed by atoms with Crippen LogP contribution in [0.4, 0.5) is 13.2 Å². The summed E-state index contributed by atoms with van der Waals surface area (Å²) < 4.78 is 46.8. The van der Waals surface area contributed by atoms with E-state index in [9.17, 15) is 18.0 Å². The molecule has 0 saturated carbocycles. The number of rotatable bonds is 3. The Kier molecular flexibility index (Phi) is 3.93. The average molecular weight is 249 g/mol. The molecule has 94 valence electrons. The van der Waals surface area contributed by atoms with Gasteiger partial charge in [-0.1, -0.05) is 0 Å². The smallest absolute Gasteiger partial charge is 0.421 e. The molecule has 0 saturated heterocycles. The molecule has 0 spiro atoms. The molecule has 0 fully saturated rings. The van der Waals surface area contributed by atoms with Gasteiger partial charge < -0.3 is 9.47 Å². The van der Waals surface area contributed by atoms with Gasteiger partial charge in [-0.05, 0) is 13.0 Å². The van der Waals surface area contributed by atoms with Crippen LogP contribution in [0.15, 0.2) is 12.3 Å². The summed E-state index contributed by atoms with van der Waals surface area (Å²) in [6.45, 7) is 1.63. The van der Waals surface area contributed by atoms with Gasteiger partial charge in [0.05, 0.1) is 19.3 Å². The van der Waals surface area contributed by atoms with Crippen molar-refractivity contribution in [2.75, 3.05) is 13.7 Å². The topological polar surface area (TPSA) is 48.4 Å². The maximum atomic E-state index is 12.6. The van der Waals surface area contributed by atoms with Crippen molar-refractivity contribution in [2.45, 2.75) is 13.1 Å². The number of ether oxygens (including phenoxy) is 2. The summed E-state index contributed by atoms with van der Waals surface area (Å²) in [6, 6.07) is 0.657. The lowest BCUT2D eigenvalue weighted by atomic mass is 10.2. The van der Waals surface area contributed by atoms with Crippen LogP contribution in [0.1, 0.15) is 22.8 Å². The maximum Gasteiger partial charge on any atom is 0.421 e. The second-order valence-electron chi connectivity index (χ2n) is 3.00. The van der Waals surface area contributed by atoms with Crippen molar-refractivity contribution in [3.8, 4) is 5.88 Å². The molecule has 1 aromatic heterocycles. The van der Waals surface area contributed by atoms with Crippen LogP contribution in [0.5, 0.6) is 5.88 Å². The van der Waals surface area contributed by atoms with Crippen LogP contribution in [-0.4, -0.2) is 24.7 Å². The standard InChI is InChI=1S/C10H10F3NO3/c1-3-17-9(15)6-4-7(10(11,12)13)8(16-2)14-5-6/h4-5H,3H2,1-2H3. The maximum absolute atomic E-state index is 12.6. The predicted molar refractivity (Wildman–Crippen MR) is 51.7 cm³/mol. The van der Waals surface area contributed by atoms with E-state index in [2.05, 4.69) is 14.5 Å². The molecule has 1 rings (SSSR count). The van der Waals surface area contributed by atoms with Gasteiger partial charge in [0.15, 0.2) is 0 Å². The molecular formula is C10H10F3NO3. The largest absolute Gasteiger partial charge is 0.481 e. The van der Waals surface area contributed by atoms with E-state index in [-0.39, 0.29) is 12.2 Å². The molecule has 0 radical (unpaired) electrons. The minimum absolute atomic E-state index is 0.0756. The third-order valence-corrected chi connectivity index (χ3v) is 1.86. The number of carbonyl (C=O) groups excluding carboxylic acids is 1. The molecule has 0 N–H and O–H groups in total. The van der Waals surface area contributed by atoms with Crippen molar-refractivity contribution in [2.24, 2.45) is 0 Å². The van der Waals surface area contributed by atoms with Crippen molar-refractivity contribution in [1.82, 2.24) is 4.98 Å². The van der Waals surface area contributed by atoms with Gasteiger partial charge in [-0.15, -0.1) is 0 Å². The van der Waals surface area contributed by atoms with E-state index in [0.29, 0.717) is 6.07 Å². The molecule has 17 heavy (non-hydrogen) atoms. The van der Waals surface area contributed by atoms with Crippen LogP contribution in [0.3, 0.4) is 0 Å². The first-order valence-corrected chi connectivity index (χ1v) is 4.68. The Morgan fingerprint density at radius 1 is 1.47 bits per heavy atom. The van der Waals surface area contributed by atoms with Gasteiger partial charge in [0.25, 0.3) is 0 Å². The van der Waals surface area contributed by atoms with Gasteiger partial charge in [0, 0.05) is 6.20 Å². The molecule has 7 heteroatoms. The van der Waals surface area contributed by atoms with Crippen LogP contribution in [-0.2, 0) is 10.9 Å². The first-order valence-electron chi connectivity index (χ1n) is 4.68. The molecule has 0 aliphatic heterocycles. The fourth-order valence-corrected chi connectivity index (χ4v) is 1.14. The Labute approximate surface area is 95.4 Å². The molecule has 0 bridgehead atoms. The number of aromatic nitrogens is 1. The summed E-state index contributed by atoms with van der Waals surface area (Å²) in [7, 11) is 1.07. The van der Waals surface area contributed by atoms with Crippen LogP contribution < -0.4 is 4.74 Å². The number of pyridine rings is 1. The number of halogens is 3. The zero-order valence-electron chi connectivity index (χ0n) is 9.17. The van der Waals surface area contributed by atoms with Crippen LogP contribution in [0.2, 0.25) is 0 Å². The highest BCUT2D eigenvalue weighted by molar-refractivity contribution is 5.89. The molecule has 0 aliphatic carbocycles. The van der Waals surface area contributed by atoms with Crippen molar-refractivity contribution >= 4 is 5.97 Å². The first kappa shape index (κ1) is 13.3. The number of hydrogen-bond donors (Lipinski definition) is 0. The zero-order valence-corrected chi connectivity index (χ0v) is 9.17. The number of nitrogens with zero attached hydrogens (tertiary/aromatic N) is 1. The Morgan fingerprint density at radius 2 is 2.12 bits per heavy atom. The van der Waals surface area contributed by atoms with Crippen molar-refractivity contribution in [3.05, 3.63) is 23.4 Å². The van der Waals surface area contributed by atoms with E-state index < -0.39 is 23.6 Å². The monoisotopic (exact) mass is 249 g/mol. The molecule has 0 aliphatic rings. The molecule has 0 atom stereocenters. The van der Waals surface area contributed by atoms with Gasteiger partial charge in [-0.25, -0.2) is 9.78 Å². The first-order chi connectivity index (χ1) is 7.90. The molecule has 0 unspecified atom stereocenters. The predicted octanol–water partition coefficient (Wildman–Crippen LogP) is 2.29. The Balaban J connectivity index is 3.18. The Hall–Kier alpha value is -1.79. The number of alkyl halides is 3. The SMILES string of the molecule is CCOC(=O)c1cnc(OC)c(C(F)(F)F)c1. The van der Waals surface area contributed by atoms with Crippen LogP contribution >= 0.6 is 0 Å². The number of methoxy groups -OCH3 is 1. The lowest BCUT2D eigenvalue weighted by molar-refractivity contribution is -0.139. The normalized spacial score (nSPS) is 11.1. The van der Waals surface area contributed by atoms with E-state index in [1.165, 1.54) is 0 Å². The zero-order chi connectivity index (χ0) is 13.1. The van der Waals surface area contributed by atoms with Crippen molar-refractivity contribution in [3.63, 3.8) is 0 Å². The van der Waals surface area contributed by atoms with E-state index in [1.807, 2.05) is 0 Å². The van der Waals surface area contributed by atoms with Crippen LogP contribution in [0, 0.1) is 0 Å². The summed E-state index contributed by atoms with van der Waals surface area (Å²) in [6.07, 6.45) is -3.66. The number of esters is 1. The van der Waals surface area contributed by atoms with Crippen molar-refractivity contribution in [1.29, 1.82) is 0 Å². The van der Waals surface area contributed by atoms with E-state index in [0.717, 1.165) is 13.3 Å². The average Bonchev–Trinajstić information content (AvgIpc) is 2.27. The highest BCUT2D eigenvalue weighted by atomic mass is 19.4. The second-order valence-corrected chi connectivity index (χ2v) is 3.00. The quantitative estimate of drug-likeness (QED) is 0.771. The minimum Gasteiger partial charge on any atom is -0.481 e. The van der Waals surface area contributed by atoms with Gasteiger partial charge in [-0.3, -0.25) is 0 Å². The summed E-state index contributed by atoms with van der Waals surface area (Å²) in [5, 5.41) is 0. The Morgan fingerprint density at radius 3 is 2.59 bits per heavy atom. The Bertz CT molecular complexity index is 418. The minimum atomic E-state index is -4.64. The summed E-state index contributed by atoms with van der Waals surface area (Å²) >= 11 is 0. The molecule has 0 amide bonds. The van der Waals surface area contributed by atoms with Gasteiger partial charge >= 0.3 is 12.1 Å². The van der Waals surface area contributed by atoms with E-state index in [1.54, 1.807) is 6.92 Å². The van der Waals surface area contributed by atoms with Gasteiger partial charge in [-0.2, -0.15) is 13.2 Å².